The van der Waals surface area contributed by atoms with Crippen molar-refractivity contribution in [2.75, 3.05) is 32.7 Å². The lowest BCUT2D eigenvalue weighted by atomic mass is 9.84. The van der Waals surface area contributed by atoms with Crippen LogP contribution in [0.4, 0.5) is 0 Å². The summed E-state index contributed by atoms with van der Waals surface area (Å²) in [6, 6.07) is 0. The van der Waals surface area contributed by atoms with Crippen molar-refractivity contribution in [3.05, 3.63) is 11.7 Å². The Kier molecular flexibility index (Phi) is 4.88. The maximum Gasteiger partial charge on any atom is 0.229 e. The molecule has 0 unspecified atom stereocenters. The second-order valence-corrected chi connectivity index (χ2v) is 8.01. The van der Waals surface area contributed by atoms with Crippen LogP contribution in [0.1, 0.15) is 69.0 Å². The molecule has 3 fully saturated rings. The first-order valence-corrected chi connectivity index (χ1v) is 9.70. The van der Waals surface area contributed by atoms with E-state index in [9.17, 15) is 5.11 Å². The van der Waals surface area contributed by atoms with Gasteiger partial charge in [0.05, 0.1) is 12.1 Å². The summed E-state index contributed by atoms with van der Waals surface area (Å²) in [5, 5.41) is 14.9. The topological polar surface area (TPSA) is 65.6 Å². The Bertz CT molecular complexity index is 537. The van der Waals surface area contributed by atoms with Gasteiger partial charge in [0.15, 0.2) is 5.82 Å². The largest absolute Gasteiger partial charge is 0.389 e. The molecule has 2 saturated carbocycles. The van der Waals surface area contributed by atoms with Crippen LogP contribution in [-0.2, 0) is 6.54 Å². The molecule has 0 radical (unpaired) electrons. The summed E-state index contributed by atoms with van der Waals surface area (Å²) in [6.45, 7) is 5.82. The third-order valence-electron chi connectivity index (χ3n) is 5.76. The molecule has 24 heavy (non-hydrogen) atoms. The van der Waals surface area contributed by atoms with Gasteiger partial charge in [-0.2, -0.15) is 4.98 Å². The van der Waals surface area contributed by atoms with Crippen molar-refractivity contribution < 1.29 is 9.63 Å². The van der Waals surface area contributed by atoms with Crippen LogP contribution in [0.2, 0.25) is 0 Å². The summed E-state index contributed by atoms with van der Waals surface area (Å²) in [7, 11) is 0. The number of aliphatic hydroxyl groups is 1. The molecule has 6 heteroatoms. The quantitative estimate of drug-likeness (QED) is 0.890. The van der Waals surface area contributed by atoms with Gasteiger partial charge in [-0.3, -0.25) is 9.80 Å². The van der Waals surface area contributed by atoms with Gasteiger partial charge in [0, 0.05) is 25.6 Å². The van der Waals surface area contributed by atoms with Crippen molar-refractivity contribution in [3.63, 3.8) is 0 Å². The molecule has 1 aromatic heterocycles. The molecule has 1 aromatic rings. The van der Waals surface area contributed by atoms with Gasteiger partial charge in [-0.05, 0) is 45.2 Å². The van der Waals surface area contributed by atoms with E-state index in [2.05, 4.69) is 19.9 Å². The fourth-order valence-corrected chi connectivity index (χ4v) is 4.15. The maximum absolute atomic E-state index is 10.8. The molecule has 0 bridgehead atoms. The number of hydrogen-bond acceptors (Lipinski definition) is 6. The zero-order chi connectivity index (χ0) is 16.4. The molecule has 1 saturated heterocycles. The molecule has 1 N–H and O–H groups in total. The average molecular weight is 334 g/mol. The fourth-order valence-electron chi connectivity index (χ4n) is 4.15. The summed E-state index contributed by atoms with van der Waals surface area (Å²) in [6.07, 6.45) is 9.12. The van der Waals surface area contributed by atoms with E-state index in [1.54, 1.807) is 0 Å². The van der Waals surface area contributed by atoms with Crippen LogP contribution in [0.5, 0.6) is 0 Å². The highest BCUT2D eigenvalue weighted by atomic mass is 16.5. The van der Waals surface area contributed by atoms with Gasteiger partial charge in [0.2, 0.25) is 5.89 Å². The minimum Gasteiger partial charge on any atom is -0.389 e. The molecule has 2 heterocycles. The lowest BCUT2D eigenvalue weighted by molar-refractivity contribution is -0.0254. The third kappa shape index (κ3) is 4.16. The maximum atomic E-state index is 10.8. The van der Waals surface area contributed by atoms with Crippen LogP contribution in [0.25, 0.3) is 0 Å². The Morgan fingerprint density at radius 1 is 1.00 bits per heavy atom. The number of aromatic nitrogens is 2. The van der Waals surface area contributed by atoms with E-state index >= 15 is 0 Å². The van der Waals surface area contributed by atoms with Gasteiger partial charge in [0.1, 0.15) is 0 Å². The second kappa shape index (κ2) is 7.10. The molecule has 2 aliphatic carbocycles. The van der Waals surface area contributed by atoms with Gasteiger partial charge in [-0.25, -0.2) is 0 Å². The second-order valence-electron chi connectivity index (χ2n) is 8.01. The van der Waals surface area contributed by atoms with Crippen molar-refractivity contribution in [2.45, 2.75) is 69.4 Å². The molecular formula is C18H30N4O2. The van der Waals surface area contributed by atoms with E-state index < -0.39 is 5.60 Å². The van der Waals surface area contributed by atoms with Crippen LogP contribution in [0, 0.1) is 0 Å². The number of hydrogen-bond donors (Lipinski definition) is 1. The van der Waals surface area contributed by atoms with Crippen LogP contribution in [0.3, 0.4) is 0 Å². The van der Waals surface area contributed by atoms with Crippen LogP contribution in [0.15, 0.2) is 4.52 Å². The van der Waals surface area contributed by atoms with Gasteiger partial charge >= 0.3 is 0 Å². The van der Waals surface area contributed by atoms with Gasteiger partial charge in [-0.1, -0.05) is 24.4 Å². The van der Waals surface area contributed by atoms with Gasteiger partial charge in [-0.15, -0.1) is 0 Å². The highest BCUT2D eigenvalue weighted by molar-refractivity contribution is 5.01. The van der Waals surface area contributed by atoms with Crippen molar-refractivity contribution >= 4 is 0 Å². The first-order chi connectivity index (χ1) is 11.7. The molecule has 0 atom stereocenters. The van der Waals surface area contributed by atoms with Crippen LogP contribution in [-0.4, -0.2) is 63.4 Å². The summed E-state index contributed by atoms with van der Waals surface area (Å²) in [5.41, 5.74) is -0.444. The van der Waals surface area contributed by atoms with Crippen molar-refractivity contribution in [2.24, 2.45) is 0 Å². The standard InChI is InChI=1S/C18H30N4O2/c23-18(7-2-1-3-8-18)14-22-10-4-9-21(11-12-22)13-16-19-17(24-20-16)15-5-6-15/h15,23H,1-14H2. The highest BCUT2D eigenvalue weighted by Gasteiger charge is 2.32. The van der Waals surface area contributed by atoms with E-state index in [0.717, 1.165) is 70.2 Å². The van der Waals surface area contributed by atoms with Gasteiger partial charge in [0.25, 0.3) is 0 Å². The summed E-state index contributed by atoms with van der Waals surface area (Å²) >= 11 is 0. The molecule has 4 rings (SSSR count). The molecular weight excluding hydrogens is 304 g/mol. The SMILES string of the molecule is OC1(CN2CCCN(Cc3noc(C4CC4)n3)CC2)CCCCC1. The van der Waals surface area contributed by atoms with E-state index in [-0.39, 0.29) is 0 Å². The molecule has 0 amide bonds. The molecule has 1 aliphatic heterocycles. The summed E-state index contributed by atoms with van der Waals surface area (Å²) < 4.78 is 5.36. The molecule has 134 valence electrons. The zero-order valence-electron chi connectivity index (χ0n) is 14.6. The van der Waals surface area contributed by atoms with Gasteiger partial charge < -0.3 is 9.63 Å². The van der Waals surface area contributed by atoms with Crippen molar-refractivity contribution in [1.29, 1.82) is 0 Å². The highest BCUT2D eigenvalue weighted by Crippen LogP contribution is 2.38. The Labute approximate surface area is 144 Å². The van der Waals surface area contributed by atoms with Crippen molar-refractivity contribution in [3.8, 4) is 0 Å². The predicted octanol–water partition coefficient (Wildman–Crippen LogP) is 2.15. The summed E-state index contributed by atoms with van der Waals surface area (Å²) in [5.74, 6) is 2.19. The monoisotopic (exact) mass is 334 g/mol. The molecule has 0 aromatic carbocycles. The Morgan fingerprint density at radius 3 is 2.54 bits per heavy atom. The van der Waals surface area contributed by atoms with E-state index in [4.69, 9.17) is 4.52 Å². The Morgan fingerprint density at radius 2 is 1.75 bits per heavy atom. The predicted molar refractivity (Wildman–Crippen MR) is 90.6 cm³/mol. The summed E-state index contributed by atoms with van der Waals surface area (Å²) in [4.78, 5) is 9.43. The molecule has 0 spiro atoms. The minimum atomic E-state index is -0.444. The van der Waals surface area contributed by atoms with Crippen LogP contribution < -0.4 is 0 Å². The van der Waals surface area contributed by atoms with E-state index in [1.165, 1.54) is 32.1 Å². The lowest BCUT2D eigenvalue weighted by Crippen LogP contribution is -2.45. The Balaban J connectivity index is 1.27. The minimum absolute atomic E-state index is 0.444. The lowest BCUT2D eigenvalue weighted by Gasteiger charge is -2.36. The fraction of sp³-hybridized carbons (Fsp3) is 0.889. The zero-order valence-corrected chi connectivity index (χ0v) is 14.6. The first-order valence-electron chi connectivity index (χ1n) is 9.70. The average Bonchev–Trinajstić information content (AvgIpc) is 3.35. The molecule has 6 nitrogen and oxygen atoms in total. The van der Waals surface area contributed by atoms with Crippen LogP contribution >= 0.6 is 0 Å². The number of nitrogens with zero attached hydrogens (tertiary/aromatic N) is 4. The smallest absolute Gasteiger partial charge is 0.229 e. The first kappa shape index (κ1) is 16.5. The number of β-amino-alcohol motifs (C(OH)–C–C–N with tert-alkyl or cyclic N) is 1. The van der Waals surface area contributed by atoms with E-state index in [1.807, 2.05) is 0 Å². The number of rotatable bonds is 5. The third-order valence-corrected chi connectivity index (χ3v) is 5.76. The normalized spacial score (nSPS) is 26.4. The van der Waals surface area contributed by atoms with E-state index in [0.29, 0.717) is 5.92 Å². The van der Waals surface area contributed by atoms with Crippen molar-refractivity contribution in [1.82, 2.24) is 19.9 Å². The molecule has 3 aliphatic rings. The Hall–Kier alpha value is -0.980.